The van der Waals surface area contributed by atoms with Crippen LogP contribution in [0.2, 0.25) is 0 Å². The Kier molecular flexibility index (Phi) is 5.73. The number of piperazine rings is 1. The molecule has 0 bridgehead atoms. The molecule has 134 valence electrons. The normalized spacial score (nSPS) is 16.7. The molecule has 0 unspecified atom stereocenters. The van der Waals surface area contributed by atoms with E-state index in [0.29, 0.717) is 24.6 Å². The van der Waals surface area contributed by atoms with E-state index < -0.39 is 10.0 Å². The third kappa shape index (κ3) is 4.39. The van der Waals surface area contributed by atoms with Gasteiger partial charge in [0.1, 0.15) is 18.9 Å². The maximum Gasteiger partial charge on any atom is 0.243 e. The van der Waals surface area contributed by atoms with E-state index in [1.54, 1.807) is 28.6 Å². The van der Waals surface area contributed by atoms with Crippen molar-refractivity contribution in [2.24, 2.45) is 0 Å². The lowest BCUT2D eigenvalue weighted by Crippen LogP contribution is -3.15. The summed E-state index contributed by atoms with van der Waals surface area (Å²) in [6.07, 6.45) is 0. The highest BCUT2D eigenvalue weighted by Gasteiger charge is 2.30. The van der Waals surface area contributed by atoms with E-state index in [1.165, 1.54) is 4.90 Å². The number of nitrogens with one attached hydrogen (secondary N) is 1. The average molecular weight is 361 g/mol. The van der Waals surface area contributed by atoms with Gasteiger partial charge in [0.2, 0.25) is 10.0 Å². The van der Waals surface area contributed by atoms with Crippen molar-refractivity contribution in [3.05, 3.63) is 60.2 Å². The smallest absolute Gasteiger partial charge is 0.243 e. The van der Waals surface area contributed by atoms with Crippen LogP contribution in [0.5, 0.6) is 5.75 Å². The molecule has 6 heteroatoms. The molecule has 1 aliphatic rings. The Bertz CT molecular complexity index is 785. The predicted octanol–water partition coefficient (Wildman–Crippen LogP) is 0.963. The van der Waals surface area contributed by atoms with Crippen LogP contribution in [0.1, 0.15) is 5.56 Å². The fraction of sp³-hybridized carbons (Fsp3) is 0.368. The molecule has 25 heavy (non-hydrogen) atoms. The number of benzene rings is 2. The molecule has 2 aromatic carbocycles. The molecule has 1 saturated heterocycles. The van der Waals surface area contributed by atoms with Gasteiger partial charge in [0.15, 0.2) is 0 Å². The van der Waals surface area contributed by atoms with Gasteiger partial charge in [0.05, 0.1) is 31.1 Å². The van der Waals surface area contributed by atoms with Crippen LogP contribution in [-0.4, -0.2) is 52.1 Å². The highest BCUT2D eigenvalue weighted by molar-refractivity contribution is 7.89. The summed E-state index contributed by atoms with van der Waals surface area (Å²) in [5.41, 5.74) is 1.14. The first-order chi connectivity index (χ1) is 12.1. The summed E-state index contributed by atoms with van der Waals surface area (Å²) < 4.78 is 32.7. The maximum absolute atomic E-state index is 12.6. The van der Waals surface area contributed by atoms with E-state index in [1.807, 2.05) is 37.3 Å². The maximum atomic E-state index is 12.6. The third-order valence-electron chi connectivity index (χ3n) is 4.62. The Morgan fingerprint density at radius 3 is 2.32 bits per heavy atom. The quantitative estimate of drug-likeness (QED) is 0.834. The number of rotatable bonds is 6. The molecule has 0 radical (unpaired) electrons. The molecule has 0 saturated carbocycles. The standard InChI is InChI=1S/C19H24N2O3S/c1-17-7-5-6-10-19(17)24-16-15-20-11-13-21(14-12-20)25(22,23)18-8-3-2-4-9-18/h2-10H,11-16H2,1H3/p+1. The first kappa shape index (κ1) is 17.9. The molecule has 0 aliphatic carbocycles. The summed E-state index contributed by atoms with van der Waals surface area (Å²) in [6, 6.07) is 16.7. The van der Waals surface area contributed by atoms with E-state index in [9.17, 15) is 8.42 Å². The van der Waals surface area contributed by atoms with E-state index in [2.05, 4.69) is 0 Å². The fourth-order valence-corrected chi connectivity index (χ4v) is 4.52. The van der Waals surface area contributed by atoms with Crippen LogP contribution < -0.4 is 9.64 Å². The van der Waals surface area contributed by atoms with E-state index >= 15 is 0 Å². The largest absolute Gasteiger partial charge is 0.487 e. The van der Waals surface area contributed by atoms with E-state index in [-0.39, 0.29) is 0 Å². The van der Waals surface area contributed by atoms with Gasteiger partial charge in [-0.15, -0.1) is 0 Å². The molecular weight excluding hydrogens is 336 g/mol. The molecule has 1 fully saturated rings. The molecule has 1 aliphatic heterocycles. The summed E-state index contributed by atoms with van der Waals surface area (Å²) in [6.45, 7) is 6.29. The first-order valence-corrected chi connectivity index (χ1v) is 10.1. The van der Waals surface area contributed by atoms with Crippen LogP contribution in [0.4, 0.5) is 0 Å². The van der Waals surface area contributed by atoms with Crippen molar-refractivity contribution in [1.82, 2.24) is 4.31 Å². The van der Waals surface area contributed by atoms with Gasteiger partial charge in [-0.1, -0.05) is 36.4 Å². The summed E-state index contributed by atoms with van der Waals surface area (Å²) in [5.74, 6) is 0.923. The Morgan fingerprint density at radius 1 is 1.00 bits per heavy atom. The Hall–Kier alpha value is -1.89. The Labute approximate surface area is 149 Å². The Morgan fingerprint density at radius 2 is 1.64 bits per heavy atom. The molecule has 2 aromatic rings. The van der Waals surface area contributed by atoms with Crippen LogP contribution in [0.15, 0.2) is 59.5 Å². The van der Waals surface area contributed by atoms with Crippen LogP contribution in [0.3, 0.4) is 0 Å². The minimum absolute atomic E-state index is 0.376. The van der Waals surface area contributed by atoms with E-state index in [4.69, 9.17) is 4.74 Å². The van der Waals surface area contributed by atoms with Gasteiger partial charge in [-0.25, -0.2) is 8.42 Å². The highest BCUT2D eigenvalue weighted by Crippen LogP contribution is 2.16. The number of ether oxygens (including phenoxy) is 1. The SMILES string of the molecule is Cc1ccccc1OCC[NH+]1CCN(S(=O)(=O)c2ccccc2)CC1. The number of hydrogen-bond donors (Lipinski definition) is 1. The van der Waals surface area contributed by atoms with Gasteiger partial charge in [-0.05, 0) is 30.7 Å². The number of quaternary nitrogens is 1. The van der Waals surface area contributed by atoms with Crippen molar-refractivity contribution < 1.29 is 18.1 Å². The molecular formula is C19H25N2O3S+. The second-order valence-electron chi connectivity index (χ2n) is 6.33. The molecule has 1 heterocycles. The summed E-state index contributed by atoms with van der Waals surface area (Å²) in [5, 5.41) is 0. The molecule has 3 rings (SSSR count). The highest BCUT2D eigenvalue weighted by atomic mass is 32.2. The first-order valence-electron chi connectivity index (χ1n) is 8.64. The minimum Gasteiger partial charge on any atom is -0.487 e. The lowest BCUT2D eigenvalue weighted by atomic mass is 10.2. The third-order valence-corrected chi connectivity index (χ3v) is 6.53. The number of para-hydroxylation sites is 1. The molecule has 1 N–H and O–H groups in total. The fourth-order valence-electron chi connectivity index (χ4n) is 3.06. The number of aryl methyl sites for hydroxylation is 1. The van der Waals surface area contributed by atoms with Crippen LogP contribution >= 0.6 is 0 Å². The monoisotopic (exact) mass is 361 g/mol. The van der Waals surface area contributed by atoms with Crippen molar-refractivity contribution in [3.63, 3.8) is 0 Å². The van der Waals surface area contributed by atoms with Gasteiger partial charge in [-0.2, -0.15) is 4.31 Å². The van der Waals surface area contributed by atoms with Gasteiger partial charge < -0.3 is 9.64 Å². The molecule has 0 atom stereocenters. The van der Waals surface area contributed by atoms with Crippen molar-refractivity contribution in [2.75, 3.05) is 39.3 Å². The number of sulfonamides is 1. The summed E-state index contributed by atoms with van der Waals surface area (Å²) in [7, 11) is -3.37. The zero-order valence-corrected chi connectivity index (χ0v) is 15.3. The molecule has 0 aromatic heterocycles. The Balaban J connectivity index is 1.48. The van der Waals surface area contributed by atoms with Crippen molar-refractivity contribution in [3.8, 4) is 5.75 Å². The van der Waals surface area contributed by atoms with Crippen LogP contribution in [0, 0.1) is 6.92 Å². The van der Waals surface area contributed by atoms with Gasteiger partial charge >= 0.3 is 0 Å². The summed E-state index contributed by atoms with van der Waals surface area (Å²) in [4.78, 5) is 1.76. The minimum atomic E-state index is -3.37. The van der Waals surface area contributed by atoms with Crippen molar-refractivity contribution in [2.45, 2.75) is 11.8 Å². The van der Waals surface area contributed by atoms with Gasteiger partial charge in [-0.3, -0.25) is 0 Å². The van der Waals surface area contributed by atoms with Gasteiger partial charge in [0.25, 0.3) is 0 Å². The van der Waals surface area contributed by atoms with Gasteiger partial charge in [0, 0.05) is 0 Å². The van der Waals surface area contributed by atoms with Crippen LogP contribution in [0.25, 0.3) is 0 Å². The molecule has 0 amide bonds. The lowest BCUT2D eigenvalue weighted by molar-refractivity contribution is -0.903. The second-order valence-corrected chi connectivity index (χ2v) is 8.27. The summed E-state index contributed by atoms with van der Waals surface area (Å²) >= 11 is 0. The predicted molar refractivity (Wildman–Crippen MR) is 97.4 cm³/mol. The number of hydrogen-bond acceptors (Lipinski definition) is 3. The average Bonchev–Trinajstić information content (AvgIpc) is 2.64. The van der Waals surface area contributed by atoms with Crippen LogP contribution in [-0.2, 0) is 10.0 Å². The van der Waals surface area contributed by atoms with Crippen molar-refractivity contribution in [1.29, 1.82) is 0 Å². The zero-order valence-electron chi connectivity index (χ0n) is 14.5. The zero-order chi connectivity index (χ0) is 17.7. The van der Waals surface area contributed by atoms with E-state index in [0.717, 1.165) is 30.9 Å². The number of nitrogens with zero attached hydrogens (tertiary/aromatic N) is 1. The lowest BCUT2D eigenvalue weighted by Gasteiger charge is -2.31. The van der Waals surface area contributed by atoms with Crippen molar-refractivity contribution >= 4 is 10.0 Å². The topological polar surface area (TPSA) is 51.1 Å². The second kappa shape index (κ2) is 7.99. The molecule has 0 spiro atoms. The molecule has 5 nitrogen and oxygen atoms in total.